The van der Waals surface area contributed by atoms with Crippen molar-refractivity contribution in [2.24, 2.45) is 35.3 Å². The predicted octanol–water partition coefficient (Wildman–Crippen LogP) is 2.82. The van der Waals surface area contributed by atoms with Crippen LogP contribution in [0.3, 0.4) is 0 Å². The second kappa shape index (κ2) is 6.78. The van der Waals surface area contributed by atoms with E-state index in [-0.39, 0.29) is 17.7 Å². The lowest BCUT2D eigenvalue weighted by atomic mass is 9.82. The molecule has 6 nitrogen and oxygen atoms in total. The number of nitrogens with two attached hydrogens (primary N) is 1. The standard InChI is InChI=1S/C20H24N2O4S/c1-2-9-3-6-12-13(7-9)27-19(16(12)17(21)23)22-18(24)14-10-4-5-11(8-10)15(14)20(25)26/h4-5,9-11,14-15H,2-3,6-8H2,1H3,(H2,21,23)(H,22,24)(H,25,26)/t9-,10-,11-,14+,15-/m0/s1. The van der Waals surface area contributed by atoms with E-state index in [1.165, 1.54) is 11.3 Å². The van der Waals surface area contributed by atoms with Gasteiger partial charge in [-0.15, -0.1) is 11.3 Å². The van der Waals surface area contributed by atoms with Crippen molar-refractivity contribution in [3.05, 3.63) is 28.2 Å². The number of aliphatic carboxylic acids is 1. The number of carbonyl (C=O) groups excluding carboxylic acids is 2. The molecule has 4 rings (SSSR count). The highest BCUT2D eigenvalue weighted by Gasteiger charge is 2.51. The first-order chi connectivity index (χ1) is 12.9. The van der Waals surface area contributed by atoms with Gasteiger partial charge in [0, 0.05) is 4.88 Å². The minimum atomic E-state index is -0.932. The molecule has 0 aliphatic heterocycles. The highest BCUT2D eigenvalue weighted by molar-refractivity contribution is 7.17. The molecule has 2 bridgehead atoms. The molecule has 1 heterocycles. The topological polar surface area (TPSA) is 109 Å². The number of carboxylic acids is 1. The number of carbonyl (C=O) groups is 3. The van der Waals surface area contributed by atoms with E-state index in [1.54, 1.807) is 0 Å². The molecule has 1 aromatic heterocycles. The summed E-state index contributed by atoms with van der Waals surface area (Å²) in [4.78, 5) is 37.9. The van der Waals surface area contributed by atoms with Gasteiger partial charge in [-0.2, -0.15) is 0 Å². The number of anilines is 1. The molecule has 0 spiro atoms. The number of fused-ring (bicyclic) bond motifs is 3. The lowest BCUT2D eigenvalue weighted by Crippen LogP contribution is -2.36. The fraction of sp³-hybridized carbons (Fsp3) is 0.550. The SMILES string of the molecule is CC[C@H]1CCc2c(sc(NC(=O)[C@H]3[C@@H](C(=O)O)[C@H]4C=C[C@H]3C4)c2C(N)=O)C1. The largest absolute Gasteiger partial charge is 0.481 e. The van der Waals surface area contributed by atoms with Gasteiger partial charge in [0.15, 0.2) is 0 Å². The van der Waals surface area contributed by atoms with Gasteiger partial charge in [0.25, 0.3) is 5.91 Å². The van der Waals surface area contributed by atoms with Crippen LogP contribution in [0.4, 0.5) is 5.00 Å². The number of carboxylic acid groups (broad SMARTS) is 1. The van der Waals surface area contributed by atoms with E-state index in [9.17, 15) is 19.5 Å². The van der Waals surface area contributed by atoms with Gasteiger partial charge in [0.1, 0.15) is 5.00 Å². The molecule has 0 radical (unpaired) electrons. The summed E-state index contributed by atoms with van der Waals surface area (Å²) >= 11 is 1.43. The molecule has 3 aliphatic rings. The molecular weight excluding hydrogens is 364 g/mol. The first-order valence-corrected chi connectivity index (χ1v) is 10.4. The lowest BCUT2D eigenvalue weighted by molar-refractivity contribution is -0.146. The predicted molar refractivity (Wildman–Crippen MR) is 103 cm³/mol. The monoisotopic (exact) mass is 388 g/mol. The van der Waals surface area contributed by atoms with E-state index in [0.717, 1.165) is 36.1 Å². The van der Waals surface area contributed by atoms with E-state index in [1.807, 2.05) is 12.2 Å². The van der Waals surface area contributed by atoms with E-state index in [4.69, 9.17) is 5.73 Å². The maximum atomic E-state index is 13.0. The van der Waals surface area contributed by atoms with Gasteiger partial charge < -0.3 is 16.2 Å². The van der Waals surface area contributed by atoms with Crippen molar-refractivity contribution >= 4 is 34.1 Å². The molecule has 4 N–H and O–H groups in total. The molecule has 1 aromatic rings. The Hall–Kier alpha value is -2.15. The van der Waals surface area contributed by atoms with Gasteiger partial charge in [-0.3, -0.25) is 14.4 Å². The van der Waals surface area contributed by atoms with Crippen LogP contribution < -0.4 is 11.1 Å². The number of thiophene rings is 1. The van der Waals surface area contributed by atoms with Crippen LogP contribution in [0.1, 0.15) is 47.0 Å². The number of allylic oxidation sites excluding steroid dienone is 2. The maximum absolute atomic E-state index is 13.0. The summed E-state index contributed by atoms with van der Waals surface area (Å²) in [6.45, 7) is 2.16. The van der Waals surface area contributed by atoms with Crippen molar-refractivity contribution in [2.45, 2.75) is 39.0 Å². The highest BCUT2D eigenvalue weighted by atomic mass is 32.1. The molecule has 0 aromatic carbocycles. The van der Waals surface area contributed by atoms with Crippen molar-refractivity contribution in [3.63, 3.8) is 0 Å². The maximum Gasteiger partial charge on any atom is 0.307 e. The van der Waals surface area contributed by atoms with E-state index >= 15 is 0 Å². The molecule has 1 fully saturated rings. The zero-order chi connectivity index (χ0) is 19.3. The number of rotatable bonds is 5. The first kappa shape index (κ1) is 18.2. The summed E-state index contributed by atoms with van der Waals surface area (Å²) in [6.07, 6.45) is 8.38. The van der Waals surface area contributed by atoms with Crippen LogP contribution >= 0.6 is 11.3 Å². The molecule has 3 aliphatic carbocycles. The molecule has 27 heavy (non-hydrogen) atoms. The Balaban J connectivity index is 1.62. The van der Waals surface area contributed by atoms with Gasteiger partial charge in [-0.05, 0) is 49.0 Å². The summed E-state index contributed by atoms with van der Waals surface area (Å²) in [5, 5.41) is 12.9. The number of primary amides is 1. The summed E-state index contributed by atoms with van der Waals surface area (Å²) in [6, 6.07) is 0. The third-order valence-electron chi connectivity index (χ3n) is 6.47. The van der Waals surface area contributed by atoms with Crippen molar-refractivity contribution in [1.82, 2.24) is 0 Å². The zero-order valence-electron chi connectivity index (χ0n) is 15.2. The van der Waals surface area contributed by atoms with Gasteiger partial charge in [-0.25, -0.2) is 0 Å². The van der Waals surface area contributed by atoms with E-state index in [0.29, 0.717) is 22.9 Å². The summed E-state index contributed by atoms with van der Waals surface area (Å²) < 4.78 is 0. The van der Waals surface area contributed by atoms with Gasteiger partial charge in [0.05, 0.1) is 17.4 Å². The second-order valence-electron chi connectivity index (χ2n) is 7.92. The Labute approximate surface area is 161 Å². The van der Waals surface area contributed by atoms with Crippen LogP contribution in [0.5, 0.6) is 0 Å². The highest BCUT2D eigenvalue weighted by Crippen LogP contribution is 2.49. The quantitative estimate of drug-likeness (QED) is 0.674. The van der Waals surface area contributed by atoms with Crippen LogP contribution in [0, 0.1) is 29.6 Å². The second-order valence-corrected chi connectivity index (χ2v) is 9.02. The van der Waals surface area contributed by atoms with Gasteiger partial charge >= 0.3 is 5.97 Å². The van der Waals surface area contributed by atoms with Crippen LogP contribution in [-0.4, -0.2) is 22.9 Å². The van der Waals surface area contributed by atoms with Crippen molar-refractivity contribution in [3.8, 4) is 0 Å². The molecular formula is C20H24N2O4S. The Bertz CT molecular complexity index is 843. The van der Waals surface area contributed by atoms with Crippen LogP contribution in [0.15, 0.2) is 12.2 Å². The molecule has 5 atom stereocenters. The number of amides is 2. The fourth-order valence-electron chi connectivity index (χ4n) is 5.06. The van der Waals surface area contributed by atoms with Gasteiger partial charge in [0.2, 0.25) is 5.91 Å². The average Bonchev–Trinajstić information content (AvgIpc) is 3.32. The Kier molecular flexibility index (Phi) is 4.58. The summed E-state index contributed by atoms with van der Waals surface area (Å²) in [5.74, 6) is -2.61. The lowest BCUT2D eigenvalue weighted by Gasteiger charge is -2.23. The molecule has 144 valence electrons. The number of nitrogens with one attached hydrogen (secondary N) is 1. The minimum Gasteiger partial charge on any atom is -0.481 e. The van der Waals surface area contributed by atoms with Crippen molar-refractivity contribution < 1.29 is 19.5 Å². The molecule has 0 unspecified atom stereocenters. The van der Waals surface area contributed by atoms with E-state index in [2.05, 4.69) is 12.2 Å². The third-order valence-corrected chi connectivity index (χ3v) is 7.64. The Morgan fingerprint density at radius 3 is 2.59 bits per heavy atom. The van der Waals surface area contributed by atoms with Crippen LogP contribution in [0.25, 0.3) is 0 Å². The summed E-state index contributed by atoms with van der Waals surface area (Å²) in [5.41, 5.74) is 7.01. The van der Waals surface area contributed by atoms with Crippen molar-refractivity contribution in [1.29, 1.82) is 0 Å². The third kappa shape index (κ3) is 2.98. The number of hydrogen-bond donors (Lipinski definition) is 3. The smallest absolute Gasteiger partial charge is 0.307 e. The normalized spacial score (nSPS) is 30.9. The molecule has 1 saturated carbocycles. The minimum absolute atomic E-state index is 0.0489. The van der Waals surface area contributed by atoms with Crippen molar-refractivity contribution in [2.75, 3.05) is 5.32 Å². The molecule has 7 heteroatoms. The Morgan fingerprint density at radius 1 is 1.26 bits per heavy atom. The molecule has 0 saturated heterocycles. The van der Waals surface area contributed by atoms with Gasteiger partial charge in [-0.1, -0.05) is 25.5 Å². The van der Waals surface area contributed by atoms with Crippen LogP contribution in [-0.2, 0) is 22.4 Å². The van der Waals surface area contributed by atoms with Crippen LogP contribution in [0.2, 0.25) is 0 Å². The molecule has 2 amide bonds. The fourth-order valence-corrected chi connectivity index (χ4v) is 6.43. The average molecular weight is 388 g/mol. The first-order valence-electron chi connectivity index (χ1n) is 9.57. The zero-order valence-corrected chi connectivity index (χ0v) is 16.1. The Morgan fingerprint density at radius 2 is 1.96 bits per heavy atom. The van der Waals surface area contributed by atoms with E-state index < -0.39 is 23.7 Å². The number of hydrogen-bond acceptors (Lipinski definition) is 4. The summed E-state index contributed by atoms with van der Waals surface area (Å²) in [7, 11) is 0.